The van der Waals surface area contributed by atoms with Gasteiger partial charge in [-0.05, 0) is 12.3 Å². The molecule has 58 valence electrons. The van der Waals surface area contributed by atoms with Gasteiger partial charge in [0.1, 0.15) is 0 Å². The van der Waals surface area contributed by atoms with Gasteiger partial charge in [-0.2, -0.15) is 0 Å². The Balaban J connectivity index is 3.95. The molecule has 0 radical (unpaired) electrons. The monoisotopic (exact) mass is 141 g/mol. The van der Waals surface area contributed by atoms with Gasteiger partial charge in [-0.3, -0.25) is 4.79 Å². The molecule has 10 heavy (non-hydrogen) atoms. The summed E-state index contributed by atoms with van der Waals surface area (Å²) < 4.78 is 0. The van der Waals surface area contributed by atoms with Crippen LogP contribution in [0.3, 0.4) is 0 Å². The van der Waals surface area contributed by atoms with Gasteiger partial charge in [0.15, 0.2) is 0 Å². The fraction of sp³-hybridized carbons (Fsp3) is 0.625. The van der Waals surface area contributed by atoms with Crippen molar-refractivity contribution in [1.29, 1.82) is 0 Å². The molecule has 2 heteroatoms. The van der Waals surface area contributed by atoms with E-state index in [1.54, 1.807) is 7.05 Å². The van der Waals surface area contributed by atoms with E-state index < -0.39 is 0 Å². The molecular weight excluding hydrogens is 126 g/mol. The molecule has 0 aromatic carbocycles. The van der Waals surface area contributed by atoms with E-state index in [-0.39, 0.29) is 5.91 Å². The second-order valence-corrected chi connectivity index (χ2v) is 2.41. The smallest absolute Gasteiger partial charge is 0.246 e. The van der Waals surface area contributed by atoms with Crippen molar-refractivity contribution >= 4 is 5.91 Å². The molecule has 0 heterocycles. The van der Waals surface area contributed by atoms with Gasteiger partial charge in [0, 0.05) is 12.6 Å². The Morgan fingerprint density at radius 3 is 2.50 bits per heavy atom. The van der Waals surface area contributed by atoms with Gasteiger partial charge in [0.25, 0.3) is 0 Å². The number of nitrogens with one attached hydrogen (secondary N) is 1. The van der Waals surface area contributed by atoms with Crippen LogP contribution in [0.4, 0.5) is 0 Å². The lowest BCUT2D eigenvalue weighted by Gasteiger charge is -2.09. The molecule has 0 rings (SSSR count). The summed E-state index contributed by atoms with van der Waals surface area (Å²) in [6, 6.07) is 0. The van der Waals surface area contributed by atoms with E-state index in [2.05, 4.69) is 11.9 Å². The molecule has 1 N–H and O–H groups in total. The number of hydrogen-bond donors (Lipinski definition) is 1. The molecule has 0 aliphatic heterocycles. The summed E-state index contributed by atoms with van der Waals surface area (Å²) in [5.74, 6) is 0.245. The number of rotatable bonds is 3. The predicted molar refractivity (Wildman–Crippen MR) is 42.7 cm³/mol. The van der Waals surface area contributed by atoms with Gasteiger partial charge in [-0.25, -0.2) is 0 Å². The summed E-state index contributed by atoms with van der Waals surface area (Å²) in [5, 5.41) is 2.54. The Kier molecular flexibility index (Phi) is 3.77. The second kappa shape index (κ2) is 4.09. The quantitative estimate of drug-likeness (QED) is 0.590. The number of likely N-dealkylation sites (N-methyl/N-ethyl adjacent to an activating group) is 1. The van der Waals surface area contributed by atoms with Crippen LogP contribution >= 0.6 is 0 Å². The molecule has 0 saturated carbocycles. The highest BCUT2D eigenvalue weighted by molar-refractivity contribution is 5.92. The van der Waals surface area contributed by atoms with E-state index in [9.17, 15) is 4.79 Å². The molecule has 1 atom stereocenters. The van der Waals surface area contributed by atoms with Gasteiger partial charge in [-0.15, -0.1) is 0 Å². The summed E-state index contributed by atoms with van der Waals surface area (Å²) in [6.45, 7) is 7.72. The zero-order valence-corrected chi connectivity index (χ0v) is 6.90. The highest BCUT2D eigenvalue weighted by atomic mass is 16.1. The van der Waals surface area contributed by atoms with E-state index >= 15 is 0 Å². The SMILES string of the molecule is C=C(C(=O)NC)[C@@H](C)CC. The minimum Gasteiger partial charge on any atom is -0.355 e. The van der Waals surface area contributed by atoms with Gasteiger partial charge < -0.3 is 5.32 Å². The minimum atomic E-state index is -0.0469. The Hall–Kier alpha value is -0.790. The average molecular weight is 141 g/mol. The molecule has 0 aliphatic carbocycles. The third-order valence-corrected chi connectivity index (χ3v) is 1.73. The van der Waals surface area contributed by atoms with Gasteiger partial charge in [0.05, 0.1) is 0 Å². The van der Waals surface area contributed by atoms with Crippen molar-refractivity contribution in [3.8, 4) is 0 Å². The van der Waals surface area contributed by atoms with E-state index in [1.807, 2.05) is 13.8 Å². The van der Waals surface area contributed by atoms with Gasteiger partial charge >= 0.3 is 0 Å². The van der Waals surface area contributed by atoms with Crippen LogP contribution in [-0.2, 0) is 4.79 Å². The molecular formula is C8H15NO. The fourth-order valence-electron chi connectivity index (χ4n) is 0.631. The van der Waals surface area contributed by atoms with Crippen molar-refractivity contribution < 1.29 is 4.79 Å². The topological polar surface area (TPSA) is 29.1 Å². The summed E-state index contributed by atoms with van der Waals surface area (Å²) >= 11 is 0. The normalized spacial score (nSPS) is 12.3. The van der Waals surface area contributed by atoms with Crippen LogP contribution in [0.5, 0.6) is 0 Å². The summed E-state index contributed by atoms with van der Waals surface area (Å²) in [5.41, 5.74) is 0.671. The predicted octanol–water partition coefficient (Wildman–Crippen LogP) is 1.33. The van der Waals surface area contributed by atoms with Crippen LogP contribution < -0.4 is 5.32 Å². The summed E-state index contributed by atoms with van der Waals surface area (Å²) in [6.07, 6.45) is 0.965. The standard InChI is InChI=1S/C8H15NO/c1-5-6(2)7(3)8(10)9-4/h6H,3,5H2,1-2,4H3,(H,9,10)/t6-/m0/s1. The third-order valence-electron chi connectivity index (χ3n) is 1.73. The molecule has 0 aromatic rings. The Labute approximate surface area is 62.3 Å². The maximum Gasteiger partial charge on any atom is 0.246 e. The maximum atomic E-state index is 10.9. The minimum absolute atomic E-state index is 0.0469. The Morgan fingerprint density at radius 1 is 1.70 bits per heavy atom. The molecule has 0 spiro atoms. The van der Waals surface area contributed by atoms with Crippen LogP contribution in [0.1, 0.15) is 20.3 Å². The fourth-order valence-corrected chi connectivity index (χ4v) is 0.631. The van der Waals surface area contributed by atoms with E-state index in [0.717, 1.165) is 6.42 Å². The molecule has 0 aliphatic rings. The van der Waals surface area contributed by atoms with Crippen molar-refractivity contribution in [3.63, 3.8) is 0 Å². The first kappa shape index (κ1) is 9.21. The van der Waals surface area contributed by atoms with Gasteiger partial charge in [-0.1, -0.05) is 20.4 Å². The van der Waals surface area contributed by atoms with Crippen LogP contribution in [0, 0.1) is 5.92 Å². The highest BCUT2D eigenvalue weighted by Gasteiger charge is 2.10. The lowest BCUT2D eigenvalue weighted by atomic mass is 10.00. The Morgan fingerprint density at radius 2 is 2.20 bits per heavy atom. The summed E-state index contributed by atoms with van der Waals surface area (Å²) in [4.78, 5) is 10.9. The van der Waals surface area contributed by atoms with Crippen molar-refractivity contribution in [3.05, 3.63) is 12.2 Å². The zero-order valence-electron chi connectivity index (χ0n) is 6.90. The molecule has 1 amide bonds. The van der Waals surface area contributed by atoms with Crippen molar-refractivity contribution in [1.82, 2.24) is 5.32 Å². The first-order valence-electron chi connectivity index (χ1n) is 3.54. The number of amides is 1. The van der Waals surface area contributed by atoms with Crippen LogP contribution in [0.15, 0.2) is 12.2 Å². The first-order valence-corrected chi connectivity index (χ1v) is 3.54. The number of carbonyl (C=O) groups excluding carboxylic acids is 1. The Bertz CT molecular complexity index is 140. The molecule has 0 bridgehead atoms. The molecule has 0 fully saturated rings. The van der Waals surface area contributed by atoms with E-state index in [1.165, 1.54) is 0 Å². The van der Waals surface area contributed by atoms with Crippen molar-refractivity contribution in [2.75, 3.05) is 7.05 Å². The number of hydrogen-bond acceptors (Lipinski definition) is 1. The second-order valence-electron chi connectivity index (χ2n) is 2.41. The molecule has 2 nitrogen and oxygen atoms in total. The average Bonchev–Trinajstić information content (AvgIpc) is 2.00. The zero-order chi connectivity index (χ0) is 8.15. The van der Waals surface area contributed by atoms with Crippen molar-refractivity contribution in [2.45, 2.75) is 20.3 Å². The van der Waals surface area contributed by atoms with E-state index in [0.29, 0.717) is 11.5 Å². The lowest BCUT2D eigenvalue weighted by molar-refractivity contribution is -0.117. The van der Waals surface area contributed by atoms with Crippen LogP contribution in [0.25, 0.3) is 0 Å². The first-order chi connectivity index (χ1) is 4.63. The van der Waals surface area contributed by atoms with Crippen molar-refractivity contribution in [2.24, 2.45) is 5.92 Å². The molecule has 0 saturated heterocycles. The van der Waals surface area contributed by atoms with E-state index in [4.69, 9.17) is 0 Å². The number of carbonyl (C=O) groups is 1. The van der Waals surface area contributed by atoms with Crippen LogP contribution in [-0.4, -0.2) is 13.0 Å². The van der Waals surface area contributed by atoms with Gasteiger partial charge in [0.2, 0.25) is 5.91 Å². The maximum absolute atomic E-state index is 10.9. The largest absolute Gasteiger partial charge is 0.355 e. The lowest BCUT2D eigenvalue weighted by Crippen LogP contribution is -2.22. The molecule has 0 unspecified atom stereocenters. The third kappa shape index (κ3) is 2.21. The van der Waals surface area contributed by atoms with Crippen LogP contribution in [0.2, 0.25) is 0 Å². The molecule has 0 aromatic heterocycles. The highest BCUT2D eigenvalue weighted by Crippen LogP contribution is 2.11. The summed E-state index contributed by atoms with van der Waals surface area (Å²) in [7, 11) is 1.62.